The predicted molar refractivity (Wildman–Crippen MR) is 132 cm³/mol. The lowest BCUT2D eigenvalue weighted by Crippen LogP contribution is -2.53. The summed E-state index contributed by atoms with van der Waals surface area (Å²) in [5, 5.41) is 3.61. The Labute approximate surface area is 190 Å². The molecule has 6 heteroatoms. The molecule has 6 nitrogen and oxygen atoms in total. The molecule has 1 unspecified atom stereocenters. The van der Waals surface area contributed by atoms with Gasteiger partial charge in [0.05, 0.1) is 0 Å². The van der Waals surface area contributed by atoms with Gasteiger partial charge in [0, 0.05) is 72.0 Å². The van der Waals surface area contributed by atoms with Crippen LogP contribution in [0.15, 0.2) is 35.3 Å². The molecule has 2 aliphatic heterocycles. The summed E-state index contributed by atoms with van der Waals surface area (Å²) in [4.78, 5) is 14.8. The van der Waals surface area contributed by atoms with E-state index in [9.17, 15) is 0 Å². The number of hydrogen-bond acceptors (Lipinski definition) is 4. The van der Waals surface area contributed by atoms with Crippen molar-refractivity contribution in [2.75, 3.05) is 79.0 Å². The zero-order valence-corrected chi connectivity index (χ0v) is 20.1. The van der Waals surface area contributed by atoms with Gasteiger partial charge >= 0.3 is 0 Å². The van der Waals surface area contributed by atoms with E-state index in [0.717, 1.165) is 45.1 Å². The Morgan fingerprint density at radius 1 is 0.903 bits per heavy atom. The Bertz CT molecular complexity index is 633. The molecular formula is C25H44N6. The summed E-state index contributed by atoms with van der Waals surface area (Å²) in [7, 11) is 1.92. The van der Waals surface area contributed by atoms with Gasteiger partial charge in [-0.25, -0.2) is 0 Å². The summed E-state index contributed by atoms with van der Waals surface area (Å²) >= 11 is 0. The van der Waals surface area contributed by atoms with Crippen LogP contribution in [0, 0.1) is 0 Å². The molecule has 0 bridgehead atoms. The molecule has 3 rings (SSSR count). The van der Waals surface area contributed by atoms with Crippen LogP contribution in [0.25, 0.3) is 0 Å². The first-order chi connectivity index (χ1) is 15.2. The van der Waals surface area contributed by atoms with E-state index < -0.39 is 0 Å². The lowest BCUT2D eigenvalue weighted by Gasteiger charge is -2.40. The molecule has 0 spiro atoms. The highest BCUT2D eigenvalue weighted by molar-refractivity contribution is 5.79. The molecule has 0 aromatic heterocycles. The molecule has 1 N–H and O–H groups in total. The third-order valence-corrected chi connectivity index (χ3v) is 6.93. The van der Waals surface area contributed by atoms with E-state index in [1.54, 1.807) is 0 Å². The molecule has 0 aliphatic carbocycles. The summed E-state index contributed by atoms with van der Waals surface area (Å²) in [5.41, 5.74) is 1.44. The van der Waals surface area contributed by atoms with E-state index in [1.165, 1.54) is 57.7 Å². The van der Waals surface area contributed by atoms with E-state index in [0.29, 0.717) is 6.04 Å². The first kappa shape index (κ1) is 24.0. The second kappa shape index (κ2) is 13.0. The molecule has 0 saturated carbocycles. The molecular weight excluding hydrogens is 384 g/mol. The summed E-state index contributed by atoms with van der Waals surface area (Å²) in [6.07, 6.45) is 3.63. The van der Waals surface area contributed by atoms with Gasteiger partial charge in [-0.3, -0.25) is 9.89 Å². The molecule has 2 aliphatic rings. The van der Waals surface area contributed by atoms with Crippen LogP contribution in [-0.2, 0) is 0 Å². The molecule has 2 fully saturated rings. The maximum absolute atomic E-state index is 4.56. The fraction of sp³-hybridized carbons (Fsp3) is 0.720. The number of rotatable bonds is 9. The van der Waals surface area contributed by atoms with Crippen molar-refractivity contribution < 1.29 is 0 Å². The number of nitrogens with one attached hydrogen (secondary N) is 1. The summed E-state index contributed by atoms with van der Waals surface area (Å²) in [5.74, 6) is 1.07. The molecule has 174 valence electrons. The minimum absolute atomic E-state index is 0.525. The Kier molecular flexibility index (Phi) is 10.1. The monoisotopic (exact) mass is 428 g/mol. The van der Waals surface area contributed by atoms with Crippen molar-refractivity contribution in [3.05, 3.63) is 35.9 Å². The maximum atomic E-state index is 4.56. The molecule has 31 heavy (non-hydrogen) atoms. The lowest BCUT2D eigenvalue weighted by atomic mass is 10.0. The van der Waals surface area contributed by atoms with Crippen LogP contribution in [0.3, 0.4) is 0 Å². The summed E-state index contributed by atoms with van der Waals surface area (Å²) in [6.45, 7) is 17.2. The average Bonchev–Trinajstić information content (AvgIpc) is 2.83. The summed E-state index contributed by atoms with van der Waals surface area (Å²) in [6, 6.07) is 11.5. The van der Waals surface area contributed by atoms with Crippen molar-refractivity contribution in [3.8, 4) is 0 Å². The molecule has 2 saturated heterocycles. The SMILES string of the molecule is CCC(c1ccccc1)N1CCN(C(=NC)NCCCCN2CCN(CC)CC2)CC1. The van der Waals surface area contributed by atoms with Crippen LogP contribution in [0.2, 0.25) is 0 Å². The summed E-state index contributed by atoms with van der Waals surface area (Å²) < 4.78 is 0. The Morgan fingerprint density at radius 2 is 1.58 bits per heavy atom. The number of benzene rings is 1. The van der Waals surface area contributed by atoms with E-state index >= 15 is 0 Å². The number of guanidine groups is 1. The van der Waals surface area contributed by atoms with Gasteiger partial charge in [-0.1, -0.05) is 44.2 Å². The zero-order valence-electron chi connectivity index (χ0n) is 20.1. The number of likely N-dealkylation sites (N-methyl/N-ethyl adjacent to an activating group) is 1. The minimum Gasteiger partial charge on any atom is -0.356 e. The highest BCUT2D eigenvalue weighted by atomic mass is 15.3. The number of aliphatic imine (C=N–C) groups is 1. The van der Waals surface area contributed by atoms with E-state index in [1.807, 2.05) is 7.05 Å². The van der Waals surface area contributed by atoms with Gasteiger partial charge in [0.15, 0.2) is 5.96 Å². The topological polar surface area (TPSA) is 37.4 Å². The molecule has 1 atom stereocenters. The molecule has 1 aromatic rings. The molecule has 1 aromatic carbocycles. The van der Waals surface area contributed by atoms with Crippen LogP contribution in [0.4, 0.5) is 0 Å². The quantitative estimate of drug-likeness (QED) is 0.372. The number of nitrogens with zero attached hydrogens (tertiary/aromatic N) is 5. The van der Waals surface area contributed by atoms with Gasteiger partial charge in [0.25, 0.3) is 0 Å². The van der Waals surface area contributed by atoms with Gasteiger partial charge in [-0.05, 0) is 37.9 Å². The van der Waals surface area contributed by atoms with Crippen molar-refractivity contribution in [1.29, 1.82) is 0 Å². The van der Waals surface area contributed by atoms with Crippen LogP contribution in [0.1, 0.15) is 44.7 Å². The Balaban J connectivity index is 1.34. The largest absolute Gasteiger partial charge is 0.356 e. The second-order valence-electron chi connectivity index (χ2n) is 8.81. The molecule has 0 radical (unpaired) electrons. The van der Waals surface area contributed by atoms with E-state index in [-0.39, 0.29) is 0 Å². The van der Waals surface area contributed by atoms with Crippen molar-refractivity contribution in [3.63, 3.8) is 0 Å². The average molecular weight is 429 g/mol. The highest BCUT2D eigenvalue weighted by Crippen LogP contribution is 2.25. The Morgan fingerprint density at radius 3 is 2.19 bits per heavy atom. The predicted octanol–water partition coefficient (Wildman–Crippen LogP) is 2.75. The van der Waals surface area contributed by atoms with E-state index in [4.69, 9.17) is 0 Å². The van der Waals surface area contributed by atoms with E-state index in [2.05, 4.69) is 74.1 Å². The van der Waals surface area contributed by atoms with Gasteiger partial charge in [-0.2, -0.15) is 0 Å². The van der Waals surface area contributed by atoms with Crippen LogP contribution >= 0.6 is 0 Å². The first-order valence-electron chi connectivity index (χ1n) is 12.4. The van der Waals surface area contributed by atoms with Crippen molar-refractivity contribution >= 4 is 5.96 Å². The lowest BCUT2D eigenvalue weighted by molar-refractivity contribution is 0.126. The maximum Gasteiger partial charge on any atom is 0.193 e. The third kappa shape index (κ3) is 7.19. The van der Waals surface area contributed by atoms with Crippen LogP contribution < -0.4 is 5.32 Å². The first-order valence-corrected chi connectivity index (χ1v) is 12.4. The zero-order chi connectivity index (χ0) is 21.9. The van der Waals surface area contributed by atoms with Crippen LogP contribution in [-0.4, -0.2) is 105 Å². The fourth-order valence-corrected chi connectivity index (χ4v) is 4.95. The molecule has 2 heterocycles. The van der Waals surface area contributed by atoms with Gasteiger partial charge in [0.1, 0.15) is 0 Å². The number of unbranched alkanes of at least 4 members (excludes halogenated alkanes) is 1. The smallest absolute Gasteiger partial charge is 0.193 e. The third-order valence-electron chi connectivity index (χ3n) is 6.93. The second-order valence-corrected chi connectivity index (χ2v) is 8.81. The van der Waals surface area contributed by atoms with Crippen molar-refractivity contribution in [2.45, 2.75) is 39.2 Å². The standard InChI is InChI=1S/C25H44N6/c1-4-24(23-11-7-6-8-12-23)30-19-21-31(22-20-30)25(26-3)27-13-9-10-14-29-17-15-28(5-2)16-18-29/h6-8,11-12,24H,4-5,9-10,13-22H2,1-3H3,(H,26,27). The molecule has 0 amide bonds. The van der Waals surface area contributed by atoms with Gasteiger partial charge in [-0.15, -0.1) is 0 Å². The van der Waals surface area contributed by atoms with Crippen LogP contribution in [0.5, 0.6) is 0 Å². The number of piperazine rings is 2. The van der Waals surface area contributed by atoms with Gasteiger partial charge in [0.2, 0.25) is 0 Å². The van der Waals surface area contributed by atoms with Gasteiger partial charge < -0.3 is 20.0 Å². The highest BCUT2D eigenvalue weighted by Gasteiger charge is 2.25. The number of hydrogen-bond donors (Lipinski definition) is 1. The Hall–Kier alpha value is -1.63. The minimum atomic E-state index is 0.525. The van der Waals surface area contributed by atoms with Crippen molar-refractivity contribution in [2.24, 2.45) is 4.99 Å². The normalized spacial score (nSPS) is 20.7. The van der Waals surface area contributed by atoms with Crippen molar-refractivity contribution in [1.82, 2.24) is 24.9 Å². The fourth-order valence-electron chi connectivity index (χ4n) is 4.95.